The quantitative estimate of drug-likeness (QED) is 0.664. The van der Waals surface area contributed by atoms with E-state index in [1.165, 1.54) is 25.0 Å². The predicted octanol–water partition coefficient (Wildman–Crippen LogP) is 3.45. The molecule has 0 bridgehead atoms. The van der Waals surface area contributed by atoms with Crippen molar-refractivity contribution in [3.05, 3.63) is 29.6 Å². The van der Waals surface area contributed by atoms with Gasteiger partial charge in [-0.1, -0.05) is 39.7 Å². The standard InChI is InChI=1S/C17H31N3/c1-5-6-7-11-20(4)14-17-10-8-9-16(19-17)13-18-12-15(2)3/h8-10,15,18H,5-7,11-14H2,1-4H3. The molecule has 3 heteroatoms. The molecular weight excluding hydrogens is 246 g/mol. The molecule has 0 saturated heterocycles. The minimum absolute atomic E-state index is 0.683. The Bertz CT molecular complexity index is 363. The third kappa shape index (κ3) is 7.61. The molecule has 0 aromatic carbocycles. The summed E-state index contributed by atoms with van der Waals surface area (Å²) in [5, 5.41) is 3.45. The largest absolute Gasteiger partial charge is 0.311 e. The Morgan fingerprint density at radius 1 is 1.20 bits per heavy atom. The molecule has 0 spiro atoms. The zero-order valence-electron chi connectivity index (χ0n) is 13.7. The molecule has 0 saturated carbocycles. The van der Waals surface area contributed by atoms with Gasteiger partial charge in [-0.2, -0.15) is 0 Å². The van der Waals surface area contributed by atoms with E-state index in [0.717, 1.165) is 31.9 Å². The summed E-state index contributed by atoms with van der Waals surface area (Å²) in [6, 6.07) is 6.35. The Hall–Kier alpha value is -0.930. The van der Waals surface area contributed by atoms with Crippen LogP contribution in [0.2, 0.25) is 0 Å². The summed E-state index contributed by atoms with van der Waals surface area (Å²) in [7, 11) is 2.18. The Morgan fingerprint density at radius 3 is 2.65 bits per heavy atom. The minimum Gasteiger partial charge on any atom is -0.311 e. The number of unbranched alkanes of at least 4 members (excludes halogenated alkanes) is 2. The van der Waals surface area contributed by atoms with E-state index >= 15 is 0 Å². The van der Waals surface area contributed by atoms with Gasteiger partial charge in [0.1, 0.15) is 0 Å². The van der Waals surface area contributed by atoms with Crippen LogP contribution in [0.3, 0.4) is 0 Å². The van der Waals surface area contributed by atoms with Gasteiger partial charge in [-0.05, 0) is 44.6 Å². The van der Waals surface area contributed by atoms with E-state index in [1.807, 2.05) is 0 Å². The molecule has 1 rings (SSSR count). The third-order valence-electron chi connectivity index (χ3n) is 3.30. The number of pyridine rings is 1. The minimum atomic E-state index is 0.683. The zero-order valence-corrected chi connectivity index (χ0v) is 13.7. The van der Waals surface area contributed by atoms with E-state index in [1.54, 1.807) is 0 Å². The summed E-state index contributed by atoms with van der Waals surface area (Å²) >= 11 is 0. The normalized spacial score (nSPS) is 11.5. The summed E-state index contributed by atoms with van der Waals surface area (Å²) in [4.78, 5) is 7.10. The fourth-order valence-electron chi connectivity index (χ4n) is 2.19. The molecule has 20 heavy (non-hydrogen) atoms. The highest BCUT2D eigenvalue weighted by Gasteiger charge is 2.03. The van der Waals surface area contributed by atoms with Crippen LogP contribution in [0.1, 0.15) is 51.4 Å². The molecule has 0 unspecified atom stereocenters. The van der Waals surface area contributed by atoms with Gasteiger partial charge in [0, 0.05) is 13.1 Å². The molecule has 3 nitrogen and oxygen atoms in total. The average Bonchev–Trinajstić information content (AvgIpc) is 2.39. The first-order valence-electron chi connectivity index (χ1n) is 7.96. The maximum Gasteiger partial charge on any atom is 0.0547 e. The number of rotatable bonds is 10. The Labute approximate surface area is 124 Å². The van der Waals surface area contributed by atoms with Gasteiger partial charge in [-0.25, -0.2) is 0 Å². The van der Waals surface area contributed by atoms with Crippen molar-refractivity contribution in [2.24, 2.45) is 5.92 Å². The predicted molar refractivity (Wildman–Crippen MR) is 86.6 cm³/mol. The second kappa shape index (κ2) is 9.89. The maximum atomic E-state index is 4.73. The Kier molecular flexibility index (Phi) is 8.47. The fraction of sp³-hybridized carbons (Fsp3) is 0.706. The molecular formula is C17H31N3. The number of aromatic nitrogens is 1. The molecule has 1 N–H and O–H groups in total. The number of nitrogens with zero attached hydrogens (tertiary/aromatic N) is 2. The van der Waals surface area contributed by atoms with Crippen LogP contribution in [0.25, 0.3) is 0 Å². The summed E-state index contributed by atoms with van der Waals surface area (Å²) in [5.74, 6) is 0.683. The lowest BCUT2D eigenvalue weighted by molar-refractivity contribution is 0.314. The summed E-state index contributed by atoms with van der Waals surface area (Å²) < 4.78 is 0. The van der Waals surface area contributed by atoms with Gasteiger partial charge in [0.05, 0.1) is 11.4 Å². The Balaban J connectivity index is 2.38. The molecule has 114 valence electrons. The van der Waals surface area contributed by atoms with Crippen molar-refractivity contribution in [1.82, 2.24) is 15.2 Å². The number of hydrogen-bond donors (Lipinski definition) is 1. The van der Waals surface area contributed by atoms with E-state index < -0.39 is 0 Å². The highest BCUT2D eigenvalue weighted by Crippen LogP contribution is 2.05. The van der Waals surface area contributed by atoms with Crippen LogP contribution in [-0.2, 0) is 13.1 Å². The van der Waals surface area contributed by atoms with Gasteiger partial charge in [-0.3, -0.25) is 4.98 Å². The lowest BCUT2D eigenvalue weighted by atomic mass is 10.2. The van der Waals surface area contributed by atoms with Crippen molar-refractivity contribution >= 4 is 0 Å². The second-order valence-electron chi connectivity index (χ2n) is 6.09. The molecule has 0 aliphatic carbocycles. The van der Waals surface area contributed by atoms with Gasteiger partial charge >= 0.3 is 0 Å². The lowest BCUT2D eigenvalue weighted by Gasteiger charge is -2.16. The summed E-state index contributed by atoms with van der Waals surface area (Å²) in [6.07, 6.45) is 3.88. The Morgan fingerprint density at radius 2 is 1.95 bits per heavy atom. The second-order valence-corrected chi connectivity index (χ2v) is 6.09. The molecule has 0 amide bonds. The topological polar surface area (TPSA) is 28.2 Å². The molecule has 0 aliphatic heterocycles. The average molecular weight is 277 g/mol. The van der Waals surface area contributed by atoms with Crippen molar-refractivity contribution in [2.45, 2.75) is 53.1 Å². The van der Waals surface area contributed by atoms with Crippen LogP contribution < -0.4 is 5.32 Å². The number of nitrogens with one attached hydrogen (secondary N) is 1. The summed E-state index contributed by atoms with van der Waals surface area (Å²) in [5.41, 5.74) is 2.32. The summed E-state index contributed by atoms with van der Waals surface area (Å²) in [6.45, 7) is 10.7. The zero-order chi connectivity index (χ0) is 14.8. The van der Waals surface area contributed by atoms with Crippen molar-refractivity contribution in [2.75, 3.05) is 20.1 Å². The first-order valence-corrected chi connectivity index (χ1v) is 7.96. The molecule has 1 aromatic rings. The van der Waals surface area contributed by atoms with Gasteiger partial charge in [0.2, 0.25) is 0 Å². The first-order chi connectivity index (χ1) is 9.61. The van der Waals surface area contributed by atoms with Gasteiger partial charge in [0.15, 0.2) is 0 Å². The number of hydrogen-bond acceptors (Lipinski definition) is 3. The van der Waals surface area contributed by atoms with Crippen molar-refractivity contribution < 1.29 is 0 Å². The molecule has 0 aliphatic rings. The lowest BCUT2D eigenvalue weighted by Crippen LogP contribution is -2.22. The molecule has 0 radical (unpaired) electrons. The van der Waals surface area contributed by atoms with E-state index in [0.29, 0.717) is 5.92 Å². The van der Waals surface area contributed by atoms with Crippen LogP contribution in [-0.4, -0.2) is 30.0 Å². The van der Waals surface area contributed by atoms with Crippen molar-refractivity contribution in [3.8, 4) is 0 Å². The fourth-order valence-corrected chi connectivity index (χ4v) is 2.19. The highest BCUT2D eigenvalue weighted by molar-refractivity contribution is 5.11. The van der Waals surface area contributed by atoms with E-state index in [4.69, 9.17) is 4.98 Å². The molecule has 1 aromatic heterocycles. The molecule has 1 heterocycles. The maximum absolute atomic E-state index is 4.73. The monoisotopic (exact) mass is 277 g/mol. The van der Waals surface area contributed by atoms with Crippen LogP contribution in [0.5, 0.6) is 0 Å². The smallest absolute Gasteiger partial charge is 0.0547 e. The van der Waals surface area contributed by atoms with Gasteiger partial charge < -0.3 is 10.2 Å². The third-order valence-corrected chi connectivity index (χ3v) is 3.30. The van der Waals surface area contributed by atoms with E-state index in [9.17, 15) is 0 Å². The van der Waals surface area contributed by atoms with Gasteiger partial charge in [0.25, 0.3) is 0 Å². The van der Waals surface area contributed by atoms with E-state index in [-0.39, 0.29) is 0 Å². The van der Waals surface area contributed by atoms with Gasteiger partial charge in [-0.15, -0.1) is 0 Å². The molecule has 0 atom stereocenters. The SMILES string of the molecule is CCCCCN(C)Cc1cccc(CNCC(C)C)n1. The van der Waals surface area contributed by atoms with Crippen molar-refractivity contribution in [1.29, 1.82) is 0 Å². The first kappa shape index (κ1) is 17.1. The van der Waals surface area contributed by atoms with E-state index in [2.05, 4.69) is 56.2 Å². The van der Waals surface area contributed by atoms with Crippen LogP contribution in [0.4, 0.5) is 0 Å². The van der Waals surface area contributed by atoms with Crippen LogP contribution in [0, 0.1) is 5.92 Å². The van der Waals surface area contributed by atoms with Crippen molar-refractivity contribution in [3.63, 3.8) is 0 Å². The molecule has 0 fully saturated rings. The van der Waals surface area contributed by atoms with Crippen LogP contribution in [0.15, 0.2) is 18.2 Å². The van der Waals surface area contributed by atoms with Crippen LogP contribution >= 0.6 is 0 Å². The highest BCUT2D eigenvalue weighted by atomic mass is 15.1.